The number of hydrogen-bond acceptors (Lipinski definition) is 5. The fourth-order valence-corrected chi connectivity index (χ4v) is 2.77. The van der Waals surface area contributed by atoms with Crippen LogP contribution >= 0.6 is 11.8 Å². The van der Waals surface area contributed by atoms with E-state index in [0.29, 0.717) is 0 Å². The van der Waals surface area contributed by atoms with Crippen LogP contribution in [0.2, 0.25) is 0 Å². The van der Waals surface area contributed by atoms with Gasteiger partial charge in [0.25, 0.3) is 5.69 Å². The lowest BCUT2D eigenvalue weighted by Gasteiger charge is -2.38. The molecule has 1 aromatic rings. The minimum absolute atomic E-state index is 0.239. The molecule has 0 saturated carbocycles. The molecule has 0 radical (unpaired) electrons. The molecule has 0 aromatic heterocycles. The maximum absolute atomic E-state index is 13.5. The summed E-state index contributed by atoms with van der Waals surface area (Å²) in [7, 11) is 0. The van der Waals surface area contributed by atoms with E-state index in [2.05, 4.69) is 4.74 Å². The second kappa shape index (κ2) is 9.46. The number of hydrogen-bond donors (Lipinski definition) is 0. The van der Waals surface area contributed by atoms with Crippen LogP contribution in [0.5, 0.6) is 0 Å². The zero-order valence-electron chi connectivity index (χ0n) is 15.3. The van der Waals surface area contributed by atoms with Gasteiger partial charge < -0.3 is 4.74 Å². The van der Waals surface area contributed by atoms with Gasteiger partial charge in [-0.2, -0.15) is 43.9 Å². The normalized spacial score (nSPS) is 13.8. The summed E-state index contributed by atoms with van der Waals surface area (Å²) in [6.45, 7) is -3.04. The molecule has 0 spiro atoms. The van der Waals surface area contributed by atoms with E-state index in [1.54, 1.807) is 0 Å². The summed E-state index contributed by atoms with van der Waals surface area (Å²) in [5.41, 5.74) is -0.575. The highest BCUT2D eigenvalue weighted by molar-refractivity contribution is 8.00. The number of carbonyl (C=O) groups excluding carboxylic acids is 1. The van der Waals surface area contributed by atoms with Crippen molar-refractivity contribution in [2.75, 3.05) is 12.4 Å². The topological polar surface area (TPSA) is 69.4 Å². The van der Waals surface area contributed by atoms with E-state index in [1.807, 2.05) is 0 Å². The monoisotopic (exact) mass is 527 g/mol. The molecular weight excluding hydrogens is 518 g/mol. The molecule has 0 aliphatic rings. The summed E-state index contributed by atoms with van der Waals surface area (Å²) >= 11 is 0.259. The zero-order valence-corrected chi connectivity index (χ0v) is 16.1. The number of thioether (sulfide) groups is 1. The largest absolute Gasteiger partial charge is 0.458 e. The number of carbonyl (C=O) groups is 1. The predicted octanol–water partition coefficient (Wildman–Crippen LogP) is 5.67. The SMILES string of the molecule is O=C(CSc1ccccc1[N+](=O)[O-])OCC(F)(F)C(F)(F)C(F)(F)C(F)(F)C(F)(F)C(F)F. The van der Waals surface area contributed by atoms with E-state index in [-0.39, 0.29) is 16.7 Å². The van der Waals surface area contributed by atoms with E-state index in [1.165, 1.54) is 12.1 Å². The van der Waals surface area contributed by atoms with Crippen molar-refractivity contribution in [3.8, 4) is 0 Å². The third-order valence-corrected chi connectivity index (χ3v) is 4.80. The number of nitro groups is 1. The molecule has 0 bridgehead atoms. The van der Waals surface area contributed by atoms with Crippen LogP contribution in [-0.2, 0) is 9.53 Å². The minimum Gasteiger partial charge on any atom is -0.458 e. The second-order valence-electron chi connectivity index (χ2n) is 6.03. The summed E-state index contributed by atoms with van der Waals surface area (Å²) in [6.07, 6.45) is -5.63. The van der Waals surface area contributed by atoms with Crippen LogP contribution in [0.25, 0.3) is 0 Å². The van der Waals surface area contributed by atoms with Crippen LogP contribution in [0.1, 0.15) is 0 Å². The Hall–Kier alpha value is -2.40. The quantitative estimate of drug-likeness (QED) is 0.122. The molecule has 0 aliphatic heterocycles. The molecule has 0 atom stereocenters. The van der Waals surface area contributed by atoms with Crippen molar-refractivity contribution in [3.63, 3.8) is 0 Å². The first kappa shape index (κ1) is 28.6. The van der Waals surface area contributed by atoms with Crippen LogP contribution in [-0.4, -0.2) is 59.3 Å². The fraction of sp³-hybridized carbons (Fsp3) is 0.533. The second-order valence-corrected chi connectivity index (χ2v) is 7.04. The molecule has 18 heteroatoms. The molecular formula is C15H9F12NO4S. The number of esters is 1. The molecule has 188 valence electrons. The Labute approximate surface area is 179 Å². The van der Waals surface area contributed by atoms with Crippen molar-refractivity contribution in [3.05, 3.63) is 34.4 Å². The first-order chi connectivity index (χ1) is 14.7. The third-order valence-electron chi connectivity index (χ3n) is 3.76. The summed E-state index contributed by atoms with van der Waals surface area (Å²) in [5, 5.41) is 10.8. The Morgan fingerprint density at radius 2 is 1.45 bits per heavy atom. The first-order valence-corrected chi connectivity index (χ1v) is 8.91. The number of nitro benzene ring substituents is 1. The van der Waals surface area contributed by atoms with Gasteiger partial charge in [0.1, 0.15) is 0 Å². The van der Waals surface area contributed by atoms with E-state index in [4.69, 9.17) is 0 Å². The molecule has 0 fully saturated rings. The summed E-state index contributed by atoms with van der Waals surface area (Å²) in [5.74, 6) is -39.3. The first-order valence-electron chi connectivity index (χ1n) is 7.93. The van der Waals surface area contributed by atoms with Gasteiger partial charge in [-0.1, -0.05) is 12.1 Å². The lowest BCUT2D eigenvalue weighted by molar-refractivity contribution is -0.414. The van der Waals surface area contributed by atoms with Gasteiger partial charge >= 0.3 is 42.0 Å². The molecule has 0 saturated heterocycles. The van der Waals surface area contributed by atoms with Crippen LogP contribution in [0.3, 0.4) is 0 Å². The fourth-order valence-electron chi connectivity index (χ4n) is 1.94. The lowest BCUT2D eigenvalue weighted by Crippen LogP contribution is -2.69. The molecule has 33 heavy (non-hydrogen) atoms. The van der Waals surface area contributed by atoms with Crippen molar-refractivity contribution in [2.45, 2.75) is 40.9 Å². The highest BCUT2D eigenvalue weighted by Gasteiger charge is 2.87. The van der Waals surface area contributed by atoms with Crippen LogP contribution in [0.15, 0.2) is 29.2 Å². The number of benzene rings is 1. The van der Waals surface area contributed by atoms with Crippen molar-refractivity contribution in [1.82, 2.24) is 0 Å². The van der Waals surface area contributed by atoms with Crippen molar-refractivity contribution >= 4 is 23.4 Å². The number of halogens is 12. The summed E-state index contributed by atoms with van der Waals surface area (Å²) in [4.78, 5) is 21.0. The molecule has 5 nitrogen and oxygen atoms in total. The van der Waals surface area contributed by atoms with Crippen molar-refractivity contribution in [1.29, 1.82) is 0 Å². The average Bonchev–Trinajstić information content (AvgIpc) is 2.70. The average molecular weight is 527 g/mol. The maximum atomic E-state index is 13.5. The number of rotatable bonds is 11. The maximum Gasteiger partial charge on any atom is 0.384 e. The van der Waals surface area contributed by atoms with E-state index >= 15 is 0 Å². The number of para-hydroxylation sites is 1. The van der Waals surface area contributed by atoms with Crippen LogP contribution < -0.4 is 0 Å². The molecule has 1 rings (SSSR count). The molecule has 0 heterocycles. The Morgan fingerprint density at radius 3 is 1.94 bits per heavy atom. The van der Waals surface area contributed by atoms with Gasteiger partial charge in [-0.05, 0) is 6.07 Å². The van der Waals surface area contributed by atoms with Crippen LogP contribution in [0.4, 0.5) is 58.4 Å². The highest BCUT2D eigenvalue weighted by Crippen LogP contribution is 2.58. The predicted molar refractivity (Wildman–Crippen MR) is 85.5 cm³/mol. The van der Waals surface area contributed by atoms with Gasteiger partial charge in [-0.3, -0.25) is 14.9 Å². The molecule has 0 N–H and O–H groups in total. The van der Waals surface area contributed by atoms with E-state index < -0.39 is 65.0 Å². The van der Waals surface area contributed by atoms with Gasteiger partial charge in [0.2, 0.25) is 0 Å². The number of nitrogens with zero attached hydrogens (tertiary/aromatic N) is 1. The van der Waals surface area contributed by atoms with Crippen molar-refractivity contribution in [2.24, 2.45) is 0 Å². The van der Waals surface area contributed by atoms with Gasteiger partial charge in [0.15, 0.2) is 6.61 Å². The van der Waals surface area contributed by atoms with Gasteiger partial charge in [-0.15, -0.1) is 11.8 Å². The lowest BCUT2D eigenvalue weighted by atomic mass is 9.94. The number of alkyl halides is 12. The zero-order chi connectivity index (χ0) is 26.0. The molecule has 1 aromatic carbocycles. The third kappa shape index (κ3) is 5.24. The highest BCUT2D eigenvalue weighted by atomic mass is 32.2. The van der Waals surface area contributed by atoms with Gasteiger partial charge in [0.05, 0.1) is 15.6 Å². The van der Waals surface area contributed by atoms with E-state index in [0.717, 1.165) is 12.1 Å². The van der Waals surface area contributed by atoms with Crippen LogP contribution in [0, 0.1) is 10.1 Å². The van der Waals surface area contributed by atoms with Crippen molar-refractivity contribution < 1.29 is 67.1 Å². The standard InChI is InChI=1S/C15H9F12NO4S/c16-10(17)12(20,21)14(24,25)15(26,27)13(22,23)11(18,19)6-32-9(29)5-33-8-4-2-1-3-7(8)28(30)31/h1-4,10H,5-6H2. The van der Waals surface area contributed by atoms with Gasteiger partial charge in [-0.25, -0.2) is 8.78 Å². The smallest absolute Gasteiger partial charge is 0.384 e. The minimum atomic E-state index is -7.73. The summed E-state index contributed by atoms with van der Waals surface area (Å²) in [6, 6.07) is 4.48. The Morgan fingerprint density at radius 1 is 0.939 bits per heavy atom. The Balaban J connectivity index is 2.97. The molecule has 0 unspecified atom stereocenters. The Bertz CT molecular complexity index is 880. The van der Waals surface area contributed by atoms with Gasteiger partial charge in [0, 0.05) is 6.07 Å². The summed E-state index contributed by atoms with van der Waals surface area (Å²) < 4.78 is 160. The molecule has 0 aliphatic carbocycles. The molecule has 0 amide bonds. The van der Waals surface area contributed by atoms with E-state index in [9.17, 15) is 67.6 Å². The number of ether oxygens (including phenoxy) is 1. The Kier molecular flexibility index (Phi) is 8.20.